The Balaban J connectivity index is 1.64. The maximum atomic E-state index is 14.7. The third-order valence-corrected chi connectivity index (χ3v) is 5.77. The first-order chi connectivity index (χ1) is 15.4. The normalized spacial score (nSPS) is 18.2. The summed E-state index contributed by atoms with van der Waals surface area (Å²) in [5.74, 6) is -1.22. The van der Waals surface area contributed by atoms with Crippen molar-refractivity contribution in [1.82, 2.24) is 9.97 Å². The van der Waals surface area contributed by atoms with Crippen LogP contribution in [0, 0.1) is 12.7 Å². The smallest absolute Gasteiger partial charge is 0.252 e. The Morgan fingerprint density at radius 1 is 1.06 bits per heavy atom. The van der Waals surface area contributed by atoms with E-state index in [4.69, 9.17) is 11.5 Å². The number of hydrogen-bond donors (Lipinski definition) is 4. The molecule has 2 aromatic heterocycles. The van der Waals surface area contributed by atoms with Crippen LogP contribution in [-0.4, -0.2) is 28.0 Å². The molecule has 0 aliphatic heterocycles. The molecule has 1 aliphatic rings. The van der Waals surface area contributed by atoms with Gasteiger partial charge in [0.15, 0.2) is 11.6 Å². The van der Waals surface area contributed by atoms with Gasteiger partial charge < -0.3 is 22.1 Å². The van der Waals surface area contributed by atoms with E-state index in [2.05, 4.69) is 20.6 Å². The Morgan fingerprint density at radius 3 is 2.53 bits per heavy atom. The van der Waals surface area contributed by atoms with E-state index in [9.17, 15) is 9.18 Å². The van der Waals surface area contributed by atoms with Crippen LogP contribution in [0.5, 0.6) is 0 Å². The highest BCUT2D eigenvalue weighted by Crippen LogP contribution is 2.28. The first-order valence-electron chi connectivity index (χ1n) is 10.7. The molecule has 2 atom stereocenters. The zero-order valence-corrected chi connectivity index (χ0v) is 17.9. The largest absolute Gasteiger partial charge is 0.365 e. The molecular weight excluding hydrogens is 407 g/mol. The number of nitrogens with zero attached hydrogens (tertiary/aromatic N) is 2. The molecule has 3 aromatic rings. The minimum atomic E-state index is -0.775. The lowest BCUT2D eigenvalue weighted by Gasteiger charge is -2.30. The predicted molar refractivity (Wildman–Crippen MR) is 124 cm³/mol. The van der Waals surface area contributed by atoms with E-state index >= 15 is 0 Å². The van der Waals surface area contributed by atoms with Gasteiger partial charge >= 0.3 is 0 Å². The molecule has 0 saturated heterocycles. The van der Waals surface area contributed by atoms with E-state index in [-0.39, 0.29) is 29.3 Å². The fourth-order valence-corrected chi connectivity index (χ4v) is 3.94. The summed E-state index contributed by atoms with van der Waals surface area (Å²) in [7, 11) is 0. The monoisotopic (exact) mass is 434 g/mol. The third-order valence-electron chi connectivity index (χ3n) is 5.77. The van der Waals surface area contributed by atoms with Gasteiger partial charge in [0.2, 0.25) is 0 Å². The molecule has 0 spiro atoms. The Morgan fingerprint density at radius 2 is 1.81 bits per heavy atom. The van der Waals surface area contributed by atoms with Crippen molar-refractivity contribution in [2.24, 2.45) is 11.5 Å². The van der Waals surface area contributed by atoms with Crippen molar-refractivity contribution in [2.45, 2.75) is 44.7 Å². The van der Waals surface area contributed by atoms with Crippen LogP contribution >= 0.6 is 0 Å². The van der Waals surface area contributed by atoms with Crippen molar-refractivity contribution < 1.29 is 9.18 Å². The summed E-state index contributed by atoms with van der Waals surface area (Å²) >= 11 is 0. The number of carbonyl (C=O) groups excluding carboxylic acids is 1. The Hall–Kier alpha value is -3.52. The first kappa shape index (κ1) is 21.7. The zero-order valence-electron chi connectivity index (χ0n) is 17.9. The second-order valence-corrected chi connectivity index (χ2v) is 8.23. The minimum Gasteiger partial charge on any atom is -0.365 e. The van der Waals surface area contributed by atoms with Gasteiger partial charge in [-0.1, -0.05) is 42.7 Å². The van der Waals surface area contributed by atoms with Crippen molar-refractivity contribution >= 4 is 23.2 Å². The van der Waals surface area contributed by atoms with Crippen LogP contribution in [0.15, 0.2) is 48.8 Å². The Labute approximate surface area is 186 Å². The molecule has 1 aliphatic carbocycles. The van der Waals surface area contributed by atoms with Crippen molar-refractivity contribution in [2.75, 3.05) is 10.6 Å². The van der Waals surface area contributed by atoms with E-state index in [0.717, 1.165) is 48.4 Å². The van der Waals surface area contributed by atoms with Crippen LogP contribution in [0.3, 0.4) is 0 Å². The van der Waals surface area contributed by atoms with Crippen LogP contribution in [0.2, 0.25) is 0 Å². The van der Waals surface area contributed by atoms with E-state index in [1.165, 1.54) is 0 Å². The van der Waals surface area contributed by atoms with Gasteiger partial charge in [-0.25, -0.2) is 9.37 Å². The molecule has 2 heterocycles. The summed E-state index contributed by atoms with van der Waals surface area (Å²) in [6, 6.07) is 10.9. The molecule has 2 unspecified atom stereocenters. The second-order valence-electron chi connectivity index (χ2n) is 8.23. The molecule has 1 aromatic carbocycles. The number of nitrogens with one attached hydrogen (secondary N) is 2. The molecule has 1 saturated carbocycles. The number of anilines is 3. The average molecular weight is 435 g/mol. The third kappa shape index (κ3) is 4.86. The van der Waals surface area contributed by atoms with Crippen molar-refractivity contribution in [3.8, 4) is 11.1 Å². The fourth-order valence-electron chi connectivity index (χ4n) is 3.94. The summed E-state index contributed by atoms with van der Waals surface area (Å²) in [6.07, 6.45) is 7.16. The molecule has 1 amide bonds. The quantitative estimate of drug-likeness (QED) is 0.463. The van der Waals surface area contributed by atoms with Crippen molar-refractivity contribution in [3.05, 3.63) is 65.7 Å². The van der Waals surface area contributed by atoms with E-state index in [0.29, 0.717) is 5.69 Å². The Kier molecular flexibility index (Phi) is 6.32. The van der Waals surface area contributed by atoms with Gasteiger partial charge in [0, 0.05) is 23.8 Å². The molecule has 166 valence electrons. The number of benzene rings is 1. The van der Waals surface area contributed by atoms with Gasteiger partial charge in [0.25, 0.3) is 5.91 Å². The average Bonchev–Trinajstić information content (AvgIpc) is 2.78. The molecule has 4 rings (SSSR count). The maximum absolute atomic E-state index is 14.7. The van der Waals surface area contributed by atoms with Gasteiger partial charge in [-0.05, 0) is 37.5 Å². The standard InChI is InChI=1S/C24H27FN6O/c1-14-6-8-15(9-7-14)16-10-17(13-28-12-16)29-23-18(22(27)32)11-19(25)24(31-23)30-21-5-3-2-4-20(21)26/h6-13,20-21H,2-5,26H2,1H3,(H2,27,32)(H2,29,30,31). The molecule has 0 radical (unpaired) electrons. The number of hydrogen-bond acceptors (Lipinski definition) is 6. The number of amides is 1. The van der Waals surface area contributed by atoms with E-state index < -0.39 is 11.7 Å². The number of aromatic nitrogens is 2. The molecule has 8 heteroatoms. The molecule has 0 bridgehead atoms. The van der Waals surface area contributed by atoms with Gasteiger partial charge in [0.1, 0.15) is 5.82 Å². The lowest BCUT2D eigenvalue weighted by atomic mass is 9.91. The van der Waals surface area contributed by atoms with Gasteiger partial charge in [-0.15, -0.1) is 0 Å². The highest BCUT2D eigenvalue weighted by atomic mass is 19.1. The van der Waals surface area contributed by atoms with Crippen LogP contribution in [0.1, 0.15) is 41.6 Å². The number of nitrogens with two attached hydrogens (primary N) is 2. The molecule has 6 N–H and O–H groups in total. The van der Waals surface area contributed by atoms with Crippen LogP contribution < -0.4 is 22.1 Å². The minimum absolute atomic E-state index is 0.0401. The molecular formula is C24H27FN6O. The van der Waals surface area contributed by atoms with Crippen molar-refractivity contribution in [1.29, 1.82) is 0 Å². The number of carbonyl (C=O) groups is 1. The number of pyridine rings is 2. The summed E-state index contributed by atoms with van der Waals surface area (Å²) in [5.41, 5.74) is 15.3. The summed E-state index contributed by atoms with van der Waals surface area (Å²) in [6.45, 7) is 2.03. The summed E-state index contributed by atoms with van der Waals surface area (Å²) in [5, 5.41) is 6.19. The van der Waals surface area contributed by atoms with Crippen LogP contribution in [0.25, 0.3) is 11.1 Å². The lowest BCUT2D eigenvalue weighted by molar-refractivity contribution is 0.100. The van der Waals surface area contributed by atoms with Crippen LogP contribution in [-0.2, 0) is 0 Å². The predicted octanol–water partition coefficient (Wildman–Crippen LogP) is 4.12. The molecule has 1 fully saturated rings. The van der Waals surface area contributed by atoms with Gasteiger partial charge in [-0.3, -0.25) is 9.78 Å². The second kappa shape index (κ2) is 9.32. The highest BCUT2D eigenvalue weighted by molar-refractivity contribution is 5.98. The van der Waals surface area contributed by atoms with Gasteiger partial charge in [0.05, 0.1) is 17.4 Å². The van der Waals surface area contributed by atoms with Crippen molar-refractivity contribution in [3.63, 3.8) is 0 Å². The van der Waals surface area contributed by atoms with E-state index in [1.807, 2.05) is 37.3 Å². The number of aryl methyl sites for hydroxylation is 1. The lowest BCUT2D eigenvalue weighted by Crippen LogP contribution is -2.43. The number of halogens is 1. The molecule has 7 nitrogen and oxygen atoms in total. The Bertz CT molecular complexity index is 1120. The number of rotatable bonds is 6. The van der Waals surface area contributed by atoms with E-state index in [1.54, 1.807) is 12.4 Å². The summed E-state index contributed by atoms with van der Waals surface area (Å²) < 4.78 is 14.7. The molecule has 32 heavy (non-hydrogen) atoms. The fraction of sp³-hybridized carbons (Fsp3) is 0.292. The SMILES string of the molecule is Cc1ccc(-c2cncc(Nc3nc(NC4CCCCC4N)c(F)cc3C(N)=O)c2)cc1. The summed E-state index contributed by atoms with van der Waals surface area (Å²) in [4.78, 5) is 20.6. The maximum Gasteiger partial charge on any atom is 0.252 e. The zero-order chi connectivity index (χ0) is 22.7. The first-order valence-corrected chi connectivity index (χ1v) is 10.7. The van der Waals surface area contributed by atoms with Crippen LogP contribution in [0.4, 0.5) is 21.7 Å². The number of primary amides is 1. The topological polar surface area (TPSA) is 119 Å². The van der Waals surface area contributed by atoms with Gasteiger partial charge in [-0.2, -0.15) is 0 Å². The highest BCUT2D eigenvalue weighted by Gasteiger charge is 2.24.